The number of hydrogen-bond donors (Lipinski definition) is 7. The number of H-pyrrole nitrogens is 1. The largest absolute Gasteiger partial charge is 0.481 e. The van der Waals surface area contributed by atoms with Crippen LogP contribution in [0.15, 0.2) is 30.5 Å². The minimum Gasteiger partial charge on any atom is -0.481 e. The smallest absolute Gasteiger partial charge is 0.326 e. The van der Waals surface area contributed by atoms with Gasteiger partial charge in [0, 0.05) is 23.5 Å². The van der Waals surface area contributed by atoms with Crippen LogP contribution in [0.3, 0.4) is 0 Å². The summed E-state index contributed by atoms with van der Waals surface area (Å²) in [4.78, 5) is 65.4. The summed E-state index contributed by atoms with van der Waals surface area (Å²) in [7, 11) is 0. The number of carbonyl (C=O) groups is 5. The normalized spacial score (nSPS) is 15.8. The van der Waals surface area contributed by atoms with Crippen molar-refractivity contribution in [2.24, 2.45) is 17.6 Å². The van der Waals surface area contributed by atoms with Crippen LogP contribution in [-0.4, -0.2) is 69.0 Å². The van der Waals surface area contributed by atoms with E-state index in [0.29, 0.717) is 18.4 Å². The first-order valence-electron chi connectivity index (χ1n) is 13.1. The first-order chi connectivity index (χ1) is 18.4. The van der Waals surface area contributed by atoms with Gasteiger partial charge in [-0.15, -0.1) is 0 Å². The van der Waals surface area contributed by atoms with Gasteiger partial charge in [-0.05, 0) is 23.5 Å². The van der Waals surface area contributed by atoms with E-state index in [1.807, 2.05) is 38.1 Å². The van der Waals surface area contributed by atoms with E-state index >= 15 is 0 Å². The number of para-hydroxylation sites is 1. The fourth-order valence-electron chi connectivity index (χ4n) is 4.17. The third-order valence-electron chi connectivity index (χ3n) is 7.03. The molecule has 0 radical (unpaired) electrons. The number of carboxylic acid groups (broad SMARTS) is 2. The second-order valence-electron chi connectivity index (χ2n) is 9.91. The highest BCUT2D eigenvalue weighted by atomic mass is 16.4. The molecule has 0 aliphatic carbocycles. The summed E-state index contributed by atoms with van der Waals surface area (Å²) in [5, 5.41) is 27.2. The SMILES string of the molecule is CCC(C)C(NC(=O)C(NC(=O)C(Cc1c[nH]c2ccccc12)NC(=O)C(N)CC(=O)O)C(C)CC)C(=O)O. The third-order valence-corrected chi connectivity index (χ3v) is 7.03. The maximum absolute atomic E-state index is 13.5. The first kappa shape index (κ1) is 31.3. The van der Waals surface area contributed by atoms with Crippen LogP contribution in [0.5, 0.6) is 0 Å². The summed E-state index contributed by atoms with van der Waals surface area (Å²) < 4.78 is 0. The quantitative estimate of drug-likeness (QED) is 0.172. The van der Waals surface area contributed by atoms with Crippen molar-refractivity contribution in [3.63, 3.8) is 0 Å². The first-order valence-corrected chi connectivity index (χ1v) is 13.1. The Morgan fingerprint density at radius 1 is 0.872 bits per heavy atom. The Morgan fingerprint density at radius 3 is 2.05 bits per heavy atom. The molecule has 2 rings (SSSR count). The Bertz CT molecular complexity index is 1180. The Kier molecular flexibility index (Phi) is 11.5. The van der Waals surface area contributed by atoms with Crippen LogP contribution in [-0.2, 0) is 30.4 Å². The number of nitrogens with two attached hydrogens (primary N) is 1. The molecule has 0 fully saturated rings. The van der Waals surface area contributed by atoms with E-state index in [4.69, 9.17) is 10.8 Å². The van der Waals surface area contributed by atoms with E-state index in [1.54, 1.807) is 20.0 Å². The fraction of sp³-hybridized carbons (Fsp3) is 0.519. The lowest BCUT2D eigenvalue weighted by Gasteiger charge is -2.29. The molecule has 0 saturated carbocycles. The Balaban J connectivity index is 2.34. The van der Waals surface area contributed by atoms with E-state index in [1.165, 1.54) is 0 Å². The second kappa shape index (κ2) is 14.3. The van der Waals surface area contributed by atoms with Gasteiger partial charge in [-0.1, -0.05) is 58.7 Å². The molecule has 8 N–H and O–H groups in total. The summed E-state index contributed by atoms with van der Waals surface area (Å²) in [6.07, 6.45) is 2.13. The third kappa shape index (κ3) is 8.54. The Morgan fingerprint density at radius 2 is 1.46 bits per heavy atom. The minimum absolute atomic E-state index is 0.0286. The van der Waals surface area contributed by atoms with Crippen molar-refractivity contribution in [3.8, 4) is 0 Å². The van der Waals surface area contributed by atoms with Crippen LogP contribution in [0.25, 0.3) is 10.9 Å². The summed E-state index contributed by atoms with van der Waals surface area (Å²) in [6.45, 7) is 7.10. The van der Waals surface area contributed by atoms with Crippen LogP contribution in [0.4, 0.5) is 0 Å². The molecule has 1 aromatic carbocycles. The molecule has 0 bridgehead atoms. The summed E-state index contributed by atoms with van der Waals surface area (Å²) in [5.74, 6) is -5.31. The van der Waals surface area contributed by atoms with E-state index < -0.39 is 60.2 Å². The van der Waals surface area contributed by atoms with Crippen molar-refractivity contribution in [1.82, 2.24) is 20.9 Å². The minimum atomic E-state index is -1.39. The molecule has 2 aromatic rings. The van der Waals surface area contributed by atoms with Crippen molar-refractivity contribution >= 4 is 40.6 Å². The van der Waals surface area contributed by atoms with Gasteiger partial charge in [-0.25, -0.2) is 4.79 Å². The topological polar surface area (TPSA) is 204 Å². The monoisotopic (exact) mass is 545 g/mol. The highest BCUT2D eigenvalue weighted by Crippen LogP contribution is 2.20. The van der Waals surface area contributed by atoms with E-state index in [-0.39, 0.29) is 18.3 Å². The zero-order valence-corrected chi connectivity index (χ0v) is 22.7. The molecule has 12 nitrogen and oxygen atoms in total. The molecule has 0 aliphatic heterocycles. The maximum atomic E-state index is 13.5. The van der Waals surface area contributed by atoms with Gasteiger partial charge in [0.15, 0.2) is 0 Å². The van der Waals surface area contributed by atoms with Crippen LogP contribution in [0, 0.1) is 11.8 Å². The number of fused-ring (bicyclic) bond motifs is 1. The molecule has 0 saturated heterocycles. The summed E-state index contributed by atoms with van der Waals surface area (Å²) in [5.41, 5.74) is 7.26. The molecule has 3 amide bonds. The molecular formula is C27H39N5O7. The fourth-order valence-corrected chi connectivity index (χ4v) is 4.17. The van der Waals surface area contributed by atoms with Gasteiger partial charge in [-0.3, -0.25) is 19.2 Å². The van der Waals surface area contributed by atoms with Gasteiger partial charge >= 0.3 is 11.9 Å². The molecule has 12 heteroatoms. The number of amides is 3. The predicted octanol–water partition coefficient (Wildman–Crippen LogP) is 1.14. The Hall–Kier alpha value is -3.93. The summed E-state index contributed by atoms with van der Waals surface area (Å²) >= 11 is 0. The van der Waals surface area contributed by atoms with Crippen LogP contribution < -0.4 is 21.7 Å². The molecule has 214 valence electrons. The number of hydrogen-bond acceptors (Lipinski definition) is 6. The number of rotatable bonds is 15. The number of carbonyl (C=O) groups excluding carboxylic acids is 3. The van der Waals surface area contributed by atoms with Crippen LogP contribution in [0.1, 0.15) is 52.5 Å². The van der Waals surface area contributed by atoms with Crippen molar-refractivity contribution in [2.75, 3.05) is 0 Å². The molecular weight excluding hydrogens is 506 g/mol. The zero-order valence-electron chi connectivity index (χ0n) is 22.7. The molecule has 6 unspecified atom stereocenters. The number of aliphatic carboxylic acids is 2. The Labute approximate surface area is 227 Å². The lowest BCUT2D eigenvalue weighted by Crippen LogP contribution is -2.59. The standard InChI is InChI=1S/C27H39N5O7/c1-5-14(3)22(26(37)32-23(27(38)39)15(4)6-2)31-25(36)20(30-24(35)18(28)12-21(33)34)11-16-13-29-19-10-8-7-9-17(16)19/h7-10,13-15,18,20,22-23,29H,5-6,11-12,28H2,1-4H3,(H,30,35)(H,31,36)(H,32,37)(H,33,34)(H,38,39). The zero-order chi connectivity index (χ0) is 29.3. The van der Waals surface area contributed by atoms with Crippen LogP contribution in [0.2, 0.25) is 0 Å². The predicted molar refractivity (Wildman–Crippen MR) is 145 cm³/mol. The van der Waals surface area contributed by atoms with E-state index in [0.717, 1.165) is 10.9 Å². The lowest BCUT2D eigenvalue weighted by atomic mass is 9.94. The number of aromatic nitrogens is 1. The average Bonchev–Trinajstić information content (AvgIpc) is 3.30. The molecule has 6 atom stereocenters. The van der Waals surface area contributed by atoms with Gasteiger partial charge in [-0.2, -0.15) is 0 Å². The average molecular weight is 546 g/mol. The number of carboxylic acids is 2. The lowest BCUT2D eigenvalue weighted by molar-refractivity contribution is -0.144. The number of nitrogens with one attached hydrogen (secondary N) is 4. The van der Waals surface area contributed by atoms with Gasteiger partial charge in [0.1, 0.15) is 18.1 Å². The van der Waals surface area contributed by atoms with Gasteiger partial charge < -0.3 is 36.9 Å². The molecule has 0 spiro atoms. The van der Waals surface area contributed by atoms with Gasteiger partial charge in [0.05, 0.1) is 12.5 Å². The van der Waals surface area contributed by atoms with E-state index in [2.05, 4.69) is 20.9 Å². The molecule has 1 heterocycles. The van der Waals surface area contributed by atoms with Gasteiger partial charge in [0.25, 0.3) is 0 Å². The van der Waals surface area contributed by atoms with Crippen LogP contribution >= 0.6 is 0 Å². The molecule has 1 aromatic heterocycles. The second-order valence-corrected chi connectivity index (χ2v) is 9.91. The summed E-state index contributed by atoms with van der Waals surface area (Å²) in [6, 6.07) is 2.58. The number of aromatic amines is 1. The van der Waals surface area contributed by atoms with Crippen molar-refractivity contribution in [1.29, 1.82) is 0 Å². The highest BCUT2D eigenvalue weighted by molar-refractivity contribution is 5.95. The van der Waals surface area contributed by atoms with Crippen molar-refractivity contribution in [3.05, 3.63) is 36.0 Å². The van der Waals surface area contributed by atoms with Crippen molar-refractivity contribution in [2.45, 2.75) is 77.5 Å². The molecule has 39 heavy (non-hydrogen) atoms. The molecule has 0 aliphatic rings. The van der Waals surface area contributed by atoms with E-state index in [9.17, 15) is 29.1 Å². The van der Waals surface area contributed by atoms with Crippen molar-refractivity contribution < 1.29 is 34.2 Å². The maximum Gasteiger partial charge on any atom is 0.326 e. The highest BCUT2D eigenvalue weighted by Gasteiger charge is 2.34. The number of benzene rings is 1. The van der Waals surface area contributed by atoms with Gasteiger partial charge in [0.2, 0.25) is 17.7 Å².